The molecule has 0 saturated heterocycles. The van der Waals surface area contributed by atoms with Gasteiger partial charge in [-0.3, -0.25) is 19.2 Å². The average molecular weight is 571 g/mol. The summed E-state index contributed by atoms with van der Waals surface area (Å²) < 4.78 is 0. The highest BCUT2D eigenvalue weighted by molar-refractivity contribution is 5.95. The molecular formula is C24H38N6O10. The van der Waals surface area contributed by atoms with Crippen LogP contribution in [0.1, 0.15) is 24.8 Å². The molecule has 0 spiro atoms. The van der Waals surface area contributed by atoms with Crippen molar-refractivity contribution in [2.24, 2.45) is 11.5 Å². The summed E-state index contributed by atoms with van der Waals surface area (Å²) >= 11 is 0. The van der Waals surface area contributed by atoms with Gasteiger partial charge in [0.05, 0.1) is 25.9 Å². The monoisotopic (exact) mass is 570 g/mol. The van der Waals surface area contributed by atoms with Crippen LogP contribution in [-0.4, -0.2) is 112 Å². The van der Waals surface area contributed by atoms with E-state index in [9.17, 15) is 39.3 Å². The molecule has 0 fully saturated rings. The SMILES string of the molecule is NCCCC[C@H](NC(=O)[C@@H](CO)NC(=O)[C@@H](N)Cc1ccc(O)cc1)C(=O)N[C@H](CO)C(=O)N[C@@H](CO)C(=O)O. The summed E-state index contributed by atoms with van der Waals surface area (Å²) in [6, 6.07) is -1.19. The topological polar surface area (TPSA) is 287 Å². The van der Waals surface area contributed by atoms with E-state index in [1.54, 1.807) is 12.1 Å². The Kier molecular flexibility index (Phi) is 15.1. The standard InChI is InChI=1S/C24H38N6O10/c25-8-2-1-3-16(21(36)29-18(11-32)23(38)30-19(12-33)24(39)40)27-22(37)17(10-31)28-20(35)15(26)9-13-4-6-14(34)7-5-13/h4-7,15-19,31-34H,1-3,8-12,25-26H2,(H,27,37)(H,28,35)(H,29,36)(H,30,38)(H,39,40)/t15-,16-,17+,18+,19-/m0/s1. The lowest BCUT2D eigenvalue weighted by Gasteiger charge is -2.25. The van der Waals surface area contributed by atoms with Gasteiger partial charge in [-0.2, -0.15) is 0 Å². The third-order valence-electron chi connectivity index (χ3n) is 5.74. The summed E-state index contributed by atoms with van der Waals surface area (Å²) in [5, 5.41) is 55.5. The highest BCUT2D eigenvalue weighted by atomic mass is 16.4. The molecule has 0 saturated carbocycles. The van der Waals surface area contributed by atoms with Crippen LogP contribution in [0.25, 0.3) is 0 Å². The van der Waals surface area contributed by atoms with E-state index in [0.717, 1.165) is 0 Å². The van der Waals surface area contributed by atoms with Crippen molar-refractivity contribution in [2.75, 3.05) is 26.4 Å². The number of hydrogen-bond acceptors (Lipinski definition) is 11. The lowest BCUT2D eigenvalue weighted by atomic mass is 10.0. The van der Waals surface area contributed by atoms with Crippen molar-refractivity contribution in [2.45, 2.75) is 55.9 Å². The maximum atomic E-state index is 12.9. The average Bonchev–Trinajstić information content (AvgIpc) is 2.93. The van der Waals surface area contributed by atoms with Gasteiger partial charge in [-0.25, -0.2) is 4.79 Å². The number of aliphatic hydroxyl groups excluding tert-OH is 3. The molecule has 224 valence electrons. The number of benzene rings is 1. The van der Waals surface area contributed by atoms with Gasteiger partial charge in [0.25, 0.3) is 0 Å². The van der Waals surface area contributed by atoms with Crippen molar-refractivity contribution < 1.29 is 49.5 Å². The largest absolute Gasteiger partial charge is 0.508 e. The lowest BCUT2D eigenvalue weighted by molar-refractivity contribution is -0.143. The molecule has 0 aliphatic heterocycles. The molecule has 16 nitrogen and oxygen atoms in total. The van der Waals surface area contributed by atoms with E-state index in [2.05, 4.69) is 16.0 Å². The van der Waals surface area contributed by atoms with Crippen LogP contribution in [0.2, 0.25) is 0 Å². The number of carbonyl (C=O) groups excluding carboxylic acids is 4. The summed E-state index contributed by atoms with van der Waals surface area (Å²) in [5.74, 6) is -5.21. The summed E-state index contributed by atoms with van der Waals surface area (Å²) in [7, 11) is 0. The fourth-order valence-corrected chi connectivity index (χ4v) is 3.41. The van der Waals surface area contributed by atoms with Crippen LogP contribution in [0, 0.1) is 0 Å². The molecule has 0 heterocycles. The number of nitrogens with two attached hydrogens (primary N) is 2. The molecule has 13 N–H and O–H groups in total. The van der Waals surface area contributed by atoms with Crippen molar-refractivity contribution >= 4 is 29.6 Å². The zero-order valence-electron chi connectivity index (χ0n) is 21.8. The summed E-state index contributed by atoms with van der Waals surface area (Å²) in [6.45, 7) is -2.40. The number of hydrogen-bond donors (Lipinski definition) is 11. The first-order valence-electron chi connectivity index (χ1n) is 12.5. The molecule has 1 rings (SSSR count). The Bertz CT molecular complexity index is 993. The van der Waals surface area contributed by atoms with Gasteiger partial charge in [-0.1, -0.05) is 12.1 Å². The second-order valence-electron chi connectivity index (χ2n) is 8.89. The minimum absolute atomic E-state index is 0.0318. The van der Waals surface area contributed by atoms with Crippen molar-refractivity contribution in [3.8, 4) is 5.75 Å². The quantitative estimate of drug-likeness (QED) is 0.0743. The molecule has 0 aliphatic rings. The molecule has 5 atom stereocenters. The number of rotatable bonds is 18. The minimum atomic E-state index is -1.67. The highest BCUT2D eigenvalue weighted by Gasteiger charge is 2.31. The molecule has 0 radical (unpaired) electrons. The summed E-state index contributed by atoms with van der Waals surface area (Å²) in [5.41, 5.74) is 12.0. The Morgan fingerprint density at radius 3 is 1.62 bits per heavy atom. The van der Waals surface area contributed by atoms with Crippen LogP contribution in [0.3, 0.4) is 0 Å². The van der Waals surface area contributed by atoms with Gasteiger partial charge >= 0.3 is 5.97 Å². The van der Waals surface area contributed by atoms with E-state index in [0.29, 0.717) is 18.4 Å². The molecular weight excluding hydrogens is 532 g/mol. The normalized spacial score (nSPS) is 14.6. The van der Waals surface area contributed by atoms with Crippen molar-refractivity contribution in [3.05, 3.63) is 29.8 Å². The molecule has 1 aromatic rings. The molecule has 4 amide bonds. The smallest absolute Gasteiger partial charge is 0.328 e. The van der Waals surface area contributed by atoms with E-state index >= 15 is 0 Å². The first-order valence-corrected chi connectivity index (χ1v) is 12.5. The van der Waals surface area contributed by atoms with Crippen LogP contribution in [0.5, 0.6) is 5.75 Å². The maximum absolute atomic E-state index is 12.9. The van der Waals surface area contributed by atoms with Crippen LogP contribution in [-0.2, 0) is 30.4 Å². The maximum Gasteiger partial charge on any atom is 0.328 e. The van der Waals surface area contributed by atoms with E-state index < -0.39 is 79.6 Å². The van der Waals surface area contributed by atoms with Crippen LogP contribution in [0.15, 0.2) is 24.3 Å². The van der Waals surface area contributed by atoms with E-state index in [1.165, 1.54) is 12.1 Å². The molecule has 0 aliphatic carbocycles. The lowest BCUT2D eigenvalue weighted by Crippen LogP contribution is -2.60. The predicted octanol–water partition coefficient (Wildman–Crippen LogP) is -4.61. The molecule has 0 unspecified atom stereocenters. The fraction of sp³-hybridized carbons (Fsp3) is 0.542. The Morgan fingerprint density at radius 1 is 0.700 bits per heavy atom. The van der Waals surface area contributed by atoms with Gasteiger partial charge < -0.3 is 58.3 Å². The van der Waals surface area contributed by atoms with Gasteiger partial charge in [-0.15, -0.1) is 0 Å². The Hall–Kier alpha value is -3.83. The van der Waals surface area contributed by atoms with Gasteiger partial charge in [-0.05, 0) is 49.9 Å². The Morgan fingerprint density at radius 2 is 1.15 bits per heavy atom. The van der Waals surface area contributed by atoms with Crippen molar-refractivity contribution in [3.63, 3.8) is 0 Å². The number of phenolic OH excluding ortho intramolecular Hbond substituents is 1. The van der Waals surface area contributed by atoms with Crippen molar-refractivity contribution in [1.82, 2.24) is 21.3 Å². The van der Waals surface area contributed by atoms with Crippen LogP contribution in [0.4, 0.5) is 0 Å². The van der Waals surface area contributed by atoms with Crippen LogP contribution < -0.4 is 32.7 Å². The number of carboxylic acid groups (broad SMARTS) is 1. The van der Waals surface area contributed by atoms with E-state index in [-0.39, 0.29) is 25.1 Å². The van der Waals surface area contributed by atoms with E-state index in [1.807, 2.05) is 5.32 Å². The number of aromatic hydroxyl groups is 1. The first-order chi connectivity index (χ1) is 19.0. The second-order valence-corrected chi connectivity index (χ2v) is 8.89. The van der Waals surface area contributed by atoms with E-state index in [4.69, 9.17) is 21.7 Å². The zero-order valence-corrected chi connectivity index (χ0v) is 21.8. The number of amides is 4. The molecule has 16 heteroatoms. The highest BCUT2D eigenvalue weighted by Crippen LogP contribution is 2.11. The number of unbranched alkanes of at least 4 members (excludes halogenated alkanes) is 1. The van der Waals surface area contributed by atoms with Gasteiger partial charge in [0.2, 0.25) is 23.6 Å². The molecule has 0 aromatic heterocycles. The Balaban J connectivity index is 2.88. The molecule has 0 bridgehead atoms. The van der Waals surface area contributed by atoms with Gasteiger partial charge in [0.1, 0.15) is 29.9 Å². The second kappa shape index (κ2) is 17.7. The molecule has 40 heavy (non-hydrogen) atoms. The minimum Gasteiger partial charge on any atom is -0.508 e. The number of aliphatic hydroxyl groups is 3. The number of phenols is 1. The third-order valence-corrected chi connectivity index (χ3v) is 5.74. The van der Waals surface area contributed by atoms with Gasteiger partial charge in [0, 0.05) is 0 Å². The third kappa shape index (κ3) is 11.5. The number of aliphatic carboxylic acids is 1. The van der Waals surface area contributed by atoms with Gasteiger partial charge in [0.15, 0.2) is 0 Å². The fourth-order valence-electron chi connectivity index (χ4n) is 3.41. The number of carbonyl (C=O) groups is 5. The number of nitrogens with one attached hydrogen (secondary N) is 4. The first kappa shape index (κ1) is 34.2. The Labute approximate surface area is 230 Å². The van der Waals surface area contributed by atoms with Crippen molar-refractivity contribution in [1.29, 1.82) is 0 Å². The molecule has 1 aromatic carbocycles. The summed E-state index contributed by atoms with van der Waals surface area (Å²) in [6.07, 6.45) is 0.950. The zero-order chi connectivity index (χ0) is 30.2. The predicted molar refractivity (Wildman–Crippen MR) is 139 cm³/mol. The van der Waals surface area contributed by atoms with Crippen LogP contribution >= 0.6 is 0 Å². The summed E-state index contributed by atoms with van der Waals surface area (Å²) in [4.78, 5) is 61.6. The number of carboxylic acids is 1.